The van der Waals surface area contributed by atoms with E-state index >= 15 is 0 Å². The van der Waals surface area contributed by atoms with Gasteiger partial charge in [-0.2, -0.15) is 0 Å². The summed E-state index contributed by atoms with van der Waals surface area (Å²) in [5.74, 6) is 1.00. The van der Waals surface area contributed by atoms with Gasteiger partial charge in [-0.1, -0.05) is 6.42 Å². The molecule has 3 atom stereocenters. The Morgan fingerprint density at radius 2 is 1.65 bits per heavy atom. The summed E-state index contributed by atoms with van der Waals surface area (Å²) in [6.45, 7) is 3.92. The van der Waals surface area contributed by atoms with Gasteiger partial charge in [-0.15, -0.1) is 0 Å². The monoisotopic (exact) mass is 277 g/mol. The number of rotatable bonds is 2. The Kier molecular flexibility index (Phi) is 3.78. The number of nitrogens with one attached hydrogen (secondary N) is 1. The van der Waals surface area contributed by atoms with Crippen LogP contribution in [-0.4, -0.2) is 60.6 Å². The van der Waals surface area contributed by atoms with Crippen molar-refractivity contribution in [1.29, 1.82) is 0 Å². The third kappa shape index (κ3) is 2.65. The fourth-order valence-electron chi connectivity index (χ4n) is 5.01. The summed E-state index contributed by atoms with van der Waals surface area (Å²) >= 11 is 0. The first-order chi connectivity index (χ1) is 9.81. The predicted molar refractivity (Wildman–Crippen MR) is 82.9 cm³/mol. The molecule has 4 fully saturated rings. The number of fused-ring (bicyclic) bond motifs is 2. The van der Waals surface area contributed by atoms with E-state index in [0.29, 0.717) is 0 Å². The quantitative estimate of drug-likeness (QED) is 0.834. The molecule has 3 unspecified atom stereocenters. The number of hydrogen-bond acceptors (Lipinski definition) is 3. The van der Waals surface area contributed by atoms with E-state index < -0.39 is 0 Å². The molecule has 20 heavy (non-hydrogen) atoms. The summed E-state index contributed by atoms with van der Waals surface area (Å²) in [6.07, 6.45) is 11.5. The van der Waals surface area contributed by atoms with Crippen molar-refractivity contribution in [1.82, 2.24) is 15.1 Å². The predicted octanol–water partition coefficient (Wildman–Crippen LogP) is 2.08. The Morgan fingerprint density at radius 1 is 0.900 bits per heavy atom. The Balaban J connectivity index is 1.43. The highest BCUT2D eigenvalue weighted by Gasteiger charge is 2.40. The maximum absolute atomic E-state index is 3.82. The van der Waals surface area contributed by atoms with E-state index in [1.807, 2.05) is 0 Å². The highest BCUT2D eigenvalue weighted by atomic mass is 15.2. The highest BCUT2D eigenvalue weighted by molar-refractivity contribution is 4.97. The molecule has 1 saturated carbocycles. The molecule has 0 spiro atoms. The van der Waals surface area contributed by atoms with Gasteiger partial charge < -0.3 is 10.2 Å². The first-order valence-corrected chi connectivity index (χ1v) is 9.00. The topological polar surface area (TPSA) is 18.5 Å². The smallest absolute Gasteiger partial charge is 0.0223 e. The molecular formula is C17H31N3. The summed E-state index contributed by atoms with van der Waals surface area (Å²) in [5, 5.41) is 3.82. The summed E-state index contributed by atoms with van der Waals surface area (Å²) in [4.78, 5) is 5.58. The molecule has 2 bridgehead atoms. The van der Waals surface area contributed by atoms with Crippen LogP contribution in [0.4, 0.5) is 0 Å². The van der Waals surface area contributed by atoms with E-state index in [1.54, 1.807) is 0 Å². The normalized spacial score (nSPS) is 44.2. The van der Waals surface area contributed by atoms with Crippen LogP contribution in [-0.2, 0) is 0 Å². The molecule has 1 N–H and O–H groups in total. The largest absolute Gasteiger partial charge is 0.312 e. The van der Waals surface area contributed by atoms with E-state index in [0.717, 1.165) is 30.1 Å². The van der Waals surface area contributed by atoms with E-state index in [4.69, 9.17) is 0 Å². The van der Waals surface area contributed by atoms with Gasteiger partial charge in [-0.25, -0.2) is 0 Å². The van der Waals surface area contributed by atoms with Crippen molar-refractivity contribution >= 4 is 0 Å². The van der Waals surface area contributed by atoms with Gasteiger partial charge >= 0.3 is 0 Å². The summed E-state index contributed by atoms with van der Waals surface area (Å²) in [7, 11) is 2.38. The molecule has 0 radical (unpaired) electrons. The second kappa shape index (κ2) is 5.58. The molecule has 3 heterocycles. The van der Waals surface area contributed by atoms with Crippen molar-refractivity contribution in [2.24, 2.45) is 5.92 Å². The van der Waals surface area contributed by atoms with Crippen LogP contribution in [0.15, 0.2) is 0 Å². The first-order valence-electron chi connectivity index (χ1n) is 9.00. The molecule has 3 heteroatoms. The fourth-order valence-corrected chi connectivity index (χ4v) is 5.01. The Morgan fingerprint density at radius 3 is 2.35 bits per heavy atom. The van der Waals surface area contributed by atoms with E-state index in [2.05, 4.69) is 22.2 Å². The Hall–Kier alpha value is -0.120. The number of hydrogen-bond donors (Lipinski definition) is 1. The van der Waals surface area contributed by atoms with Gasteiger partial charge in [0.25, 0.3) is 0 Å². The summed E-state index contributed by atoms with van der Waals surface area (Å²) < 4.78 is 0. The van der Waals surface area contributed by atoms with Gasteiger partial charge in [-0.3, -0.25) is 4.90 Å². The zero-order chi connectivity index (χ0) is 13.5. The second-order valence-electron chi connectivity index (χ2n) is 7.78. The zero-order valence-corrected chi connectivity index (χ0v) is 13.1. The zero-order valence-electron chi connectivity index (χ0n) is 13.1. The molecule has 4 rings (SSSR count). The standard InChI is InChI=1S/C17H31N3/c1-19-14-4-2-5-15(19)11-16(10-14)20-9-3-8-18-17(12-20)13-6-7-13/h13-18H,2-12H2,1H3. The maximum Gasteiger partial charge on any atom is 0.0223 e. The molecule has 3 saturated heterocycles. The van der Waals surface area contributed by atoms with Crippen molar-refractivity contribution < 1.29 is 0 Å². The molecular weight excluding hydrogens is 246 g/mol. The van der Waals surface area contributed by atoms with E-state index in [9.17, 15) is 0 Å². The molecule has 3 aliphatic heterocycles. The lowest BCUT2D eigenvalue weighted by Gasteiger charge is -2.50. The van der Waals surface area contributed by atoms with E-state index in [1.165, 1.54) is 71.0 Å². The molecule has 0 aromatic heterocycles. The van der Waals surface area contributed by atoms with Crippen LogP contribution in [0.2, 0.25) is 0 Å². The lowest BCUT2D eigenvalue weighted by Crippen LogP contribution is -2.56. The van der Waals surface area contributed by atoms with Gasteiger partial charge in [-0.05, 0) is 71.0 Å². The van der Waals surface area contributed by atoms with Crippen molar-refractivity contribution in [3.63, 3.8) is 0 Å². The average molecular weight is 277 g/mol. The van der Waals surface area contributed by atoms with Crippen LogP contribution >= 0.6 is 0 Å². The average Bonchev–Trinajstić information content (AvgIpc) is 3.25. The molecule has 0 aromatic carbocycles. The Labute approximate surface area is 124 Å². The SMILES string of the molecule is CN1C2CCCC1CC(N1CCCNC(C3CC3)C1)C2. The fraction of sp³-hybridized carbons (Fsp3) is 1.00. The second-order valence-corrected chi connectivity index (χ2v) is 7.78. The van der Waals surface area contributed by atoms with Crippen molar-refractivity contribution in [3.8, 4) is 0 Å². The number of nitrogens with zero attached hydrogens (tertiary/aromatic N) is 2. The first kappa shape index (κ1) is 13.5. The summed E-state index contributed by atoms with van der Waals surface area (Å²) in [6, 6.07) is 3.44. The minimum absolute atomic E-state index is 0.803. The van der Waals surface area contributed by atoms with Gasteiger partial charge in [0.15, 0.2) is 0 Å². The molecule has 114 valence electrons. The minimum atomic E-state index is 0.803. The lowest BCUT2D eigenvalue weighted by atomic mass is 9.81. The van der Waals surface area contributed by atoms with Crippen LogP contribution in [0, 0.1) is 5.92 Å². The third-order valence-corrected chi connectivity index (χ3v) is 6.48. The number of piperidine rings is 2. The van der Waals surface area contributed by atoms with Crippen LogP contribution in [0.5, 0.6) is 0 Å². The molecule has 4 aliphatic rings. The van der Waals surface area contributed by atoms with Gasteiger partial charge in [0.2, 0.25) is 0 Å². The minimum Gasteiger partial charge on any atom is -0.312 e. The molecule has 0 aromatic rings. The van der Waals surface area contributed by atoms with Gasteiger partial charge in [0, 0.05) is 30.7 Å². The van der Waals surface area contributed by atoms with E-state index in [-0.39, 0.29) is 0 Å². The van der Waals surface area contributed by atoms with Gasteiger partial charge in [0.1, 0.15) is 0 Å². The maximum atomic E-state index is 3.82. The molecule has 3 nitrogen and oxygen atoms in total. The Bertz CT molecular complexity index is 327. The van der Waals surface area contributed by atoms with Crippen molar-refractivity contribution in [2.75, 3.05) is 26.7 Å². The van der Waals surface area contributed by atoms with Crippen LogP contribution in [0.25, 0.3) is 0 Å². The lowest BCUT2D eigenvalue weighted by molar-refractivity contribution is 0.00799. The summed E-state index contributed by atoms with van der Waals surface area (Å²) in [5.41, 5.74) is 0. The third-order valence-electron chi connectivity index (χ3n) is 6.48. The van der Waals surface area contributed by atoms with Crippen molar-refractivity contribution in [2.45, 2.75) is 75.5 Å². The highest BCUT2D eigenvalue weighted by Crippen LogP contribution is 2.37. The van der Waals surface area contributed by atoms with Gasteiger partial charge in [0.05, 0.1) is 0 Å². The van der Waals surface area contributed by atoms with Crippen LogP contribution < -0.4 is 5.32 Å². The van der Waals surface area contributed by atoms with Crippen LogP contribution in [0.3, 0.4) is 0 Å². The van der Waals surface area contributed by atoms with Crippen molar-refractivity contribution in [3.05, 3.63) is 0 Å². The van der Waals surface area contributed by atoms with Crippen LogP contribution in [0.1, 0.15) is 51.4 Å². The molecule has 0 amide bonds. The molecule has 1 aliphatic carbocycles.